The van der Waals surface area contributed by atoms with Crippen molar-refractivity contribution in [3.8, 4) is 22.4 Å². The number of nitrogens with one attached hydrogen (secondary N) is 1. The lowest BCUT2D eigenvalue weighted by atomic mass is 10.0. The summed E-state index contributed by atoms with van der Waals surface area (Å²) in [6, 6.07) is 19.1. The first-order chi connectivity index (χ1) is 14.1. The molecule has 1 aliphatic rings. The number of amides is 1. The van der Waals surface area contributed by atoms with E-state index in [9.17, 15) is 9.59 Å². The van der Waals surface area contributed by atoms with E-state index in [-0.39, 0.29) is 24.3 Å². The maximum absolute atomic E-state index is 12.7. The van der Waals surface area contributed by atoms with Gasteiger partial charge in [-0.15, -0.1) is 0 Å². The number of carbonyl (C=O) groups excluding carboxylic acids is 2. The third-order valence-corrected chi connectivity index (χ3v) is 5.26. The molecule has 29 heavy (non-hydrogen) atoms. The standard InChI is InChI=1S/C23H21ClN2O3/c1-2-29-21(27)12-18-14-25-23(28)20-13-19(16-9-6-10-17(24)11-16)22(26(18)20)15-7-4-3-5-8-15/h3-11,13,18H,2,12,14H2,1H3,(H,25,28). The van der Waals surface area contributed by atoms with Gasteiger partial charge in [0.2, 0.25) is 0 Å². The topological polar surface area (TPSA) is 60.3 Å². The Kier molecular flexibility index (Phi) is 5.41. The number of fused-ring (bicyclic) bond motifs is 1. The van der Waals surface area contributed by atoms with Crippen LogP contribution in [0.1, 0.15) is 29.9 Å². The summed E-state index contributed by atoms with van der Waals surface area (Å²) in [4.78, 5) is 24.9. The molecule has 0 fully saturated rings. The minimum Gasteiger partial charge on any atom is -0.466 e. The van der Waals surface area contributed by atoms with E-state index in [1.807, 2.05) is 65.2 Å². The molecule has 1 amide bonds. The maximum Gasteiger partial charge on any atom is 0.307 e. The molecule has 0 bridgehead atoms. The number of ether oxygens (including phenoxy) is 1. The van der Waals surface area contributed by atoms with Gasteiger partial charge in [0.1, 0.15) is 5.69 Å². The second-order valence-electron chi connectivity index (χ2n) is 6.91. The predicted molar refractivity (Wildman–Crippen MR) is 113 cm³/mol. The zero-order chi connectivity index (χ0) is 20.4. The van der Waals surface area contributed by atoms with Crippen LogP contribution >= 0.6 is 11.6 Å². The van der Waals surface area contributed by atoms with Crippen LogP contribution in [-0.2, 0) is 9.53 Å². The van der Waals surface area contributed by atoms with E-state index in [2.05, 4.69) is 5.32 Å². The summed E-state index contributed by atoms with van der Waals surface area (Å²) in [6.07, 6.45) is 0.185. The van der Waals surface area contributed by atoms with Crippen molar-refractivity contribution in [1.29, 1.82) is 0 Å². The molecule has 1 atom stereocenters. The fourth-order valence-electron chi connectivity index (χ4n) is 3.81. The molecular formula is C23H21ClN2O3. The lowest BCUT2D eigenvalue weighted by Gasteiger charge is -2.28. The number of nitrogens with zero attached hydrogens (tertiary/aromatic N) is 1. The second-order valence-corrected chi connectivity index (χ2v) is 7.35. The number of aromatic nitrogens is 1. The largest absolute Gasteiger partial charge is 0.466 e. The number of benzene rings is 2. The summed E-state index contributed by atoms with van der Waals surface area (Å²) in [5.74, 6) is -0.438. The van der Waals surface area contributed by atoms with E-state index >= 15 is 0 Å². The van der Waals surface area contributed by atoms with Gasteiger partial charge < -0.3 is 14.6 Å². The van der Waals surface area contributed by atoms with Crippen molar-refractivity contribution in [2.45, 2.75) is 19.4 Å². The second kappa shape index (κ2) is 8.13. The van der Waals surface area contributed by atoms with Gasteiger partial charge in [-0.3, -0.25) is 9.59 Å². The highest BCUT2D eigenvalue weighted by Crippen LogP contribution is 2.39. The molecule has 0 saturated heterocycles. The average Bonchev–Trinajstić information content (AvgIpc) is 3.13. The van der Waals surface area contributed by atoms with Crippen molar-refractivity contribution < 1.29 is 14.3 Å². The third-order valence-electron chi connectivity index (χ3n) is 5.02. The average molecular weight is 409 g/mol. The monoisotopic (exact) mass is 408 g/mol. The van der Waals surface area contributed by atoms with Gasteiger partial charge in [-0.25, -0.2) is 0 Å². The van der Waals surface area contributed by atoms with Gasteiger partial charge in [-0.1, -0.05) is 54.1 Å². The Bertz CT molecular complexity index is 1060. The van der Waals surface area contributed by atoms with Gasteiger partial charge in [-0.2, -0.15) is 0 Å². The van der Waals surface area contributed by atoms with Gasteiger partial charge in [0, 0.05) is 17.1 Å². The maximum atomic E-state index is 12.7. The van der Waals surface area contributed by atoms with Crippen LogP contribution in [0, 0.1) is 0 Å². The summed E-state index contributed by atoms with van der Waals surface area (Å²) in [7, 11) is 0. The summed E-state index contributed by atoms with van der Waals surface area (Å²) in [6.45, 7) is 2.48. The van der Waals surface area contributed by atoms with Crippen LogP contribution in [-0.4, -0.2) is 29.6 Å². The number of hydrogen-bond donors (Lipinski definition) is 1. The van der Waals surface area contributed by atoms with E-state index in [1.165, 1.54) is 0 Å². The zero-order valence-electron chi connectivity index (χ0n) is 16.0. The molecule has 4 rings (SSSR count). The van der Waals surface area contributed by atoms with Crippen molar-refractivity contribution in [2.75, 3.05) is 13.2 Å². The summed E-state index contributed by atoms with van der Waals surface area (Å²) in [5, 5.41) is 3.52. The molecule has 1 N–H and O–H groups in total. The number of esters is 1. The van der Waals surface area contributed by atoms with Crippen molar-refractivity contribution >= 4 is 23.5 Å². The number of halogens is 1. The lowest BCUT2D eigenvalue weighted by Crippen LogP contribution is -2.40. The first kappa shape index (κ1) is 19.3. The Hall–Kier alpha value is -3.05. The minimum absolute atomic E-state index is 0.157. The molecule has 0 radical (unpaired) electrons. The molecule has 3 aromatic rings. The highest BCUT2D eigenvalue weighted by atomic mass is 35.5. The Balaban J connectivity index is 1.92. The Morgan fingerprint density at radius 1 is 1.14 bits per heavy atom. The summed E-state index contributed by atoms with van der Waals surface area (Å²) < 4.78 is 7.13. The first-order valence-electron chi connectivity index (χ1n) is 9.59. The van der Waals surface area contributed by atoms with E-state index < -0.39 is 0 Å². The number of rotatable bonds is 5. The van der Waals surface area contributed by atoms with Crippen molar-refractivity contribution in [1.82, 2.24) is 9.88 Å². The fourth-order valence-corrected chi connectivity index (χ4v) is 4.00. The quantitative estimate of drug-likeness (QED) is 0.622. The lowest BCUT2D eigenvalue weighted by molar-refractivity contribution is -0.144. The Morgan fingerprint density at radius 3 is 2.62 bits per heavy atom. The smallest absolute Gasteiger partial charge is 0.307 e. The van der Waals surface area contributed by atoms with Crippen LogP contribution in [0.25, 0.3) is 22.4 Å². The first-order valence-corrected chi connectivity index (χ1v) is 9.96. The van der Waals surface area contributed by atoms with Crippen LogP contribution in [0.2, 0.25) is 5.02 Å². The fraction of sp³-hybridized carbons (Fsp3) is 0.217. The van der Waals surface area contributed by atoms with Gasteiger partial charge in [-0.05, 0) is 36.2 Å². The van der Waals surface area contributed by atoms with Gasteiger partial charge in [0.15, 0.2) is 0 Å². The highest BCUT2D eigenvalue weighted by molar-refractivity contribution is 6.30. The van der Waals surface area contributed by atoms with Crippen molar-refractivity contribution in [2.24, 2.45) is 0 Å². The Labute approximate surface area is 174 Å². The molecule has 0 spiro atoms. The van der Waals surface area contributed by atoms with Crippen LogP contribution < -0.4 is 5.32 Å². The molecule has 0 saturated carbocycles. The van der Waals surface area contributed by atoms with Gasteiger partial charge >= 0.3 is 5.97 Å². The van der Waals surface area contributed by atoms with E-state index in [1.54, 1.807) is 6.92 Å². The third kappa shape index (κ3) is 3.78. The number of carbonyl (C=O) groups is 2. The molecule has 6 heteroatoms. The normalized spacial score (nSPS) is 15.5. The van der Waals surface area contributed by atoms with Gasteiger partial charge in [0.05, 0.1) is 24.8 Å². The summed E-state index contributed by atoms with van der Waals surface area (Å²) >= 11 is 6.23. The molecule has 148 valence electrons. The van der Waals surface area contributed by atoms with Crippen LogP contribution in [0.15, 0.2) is 60.7 Å². The zero-order valence-corrected chi connectivity index (χ0v) is 16.8. The molecule has 1 aliphatic heterocycles. The predicted octanol–water partition coefficient (Wildman–Crippen LogP) is 4.71. The van der Waals surface area contributed by atoms with E-state index in [4.69, 9.17) is 16.3 Å². The van der Waals surface area contributed by atoms with Crippen LogP contribution in [0.4, 0.5) is 0 Å². The van der Waals surface area contributed by atoms with E-state index in [0.29, 0.717) is 23.9 Å². The van der Waals surface area contributed by atoms with E-state index in [0.717, 1.165) is 22.4 Å². The molecule has 1 aromatic heterocycles. The molecule has 1 unspecified atom stereocenters. The molecule has 2 heterocycles. The number of hydrogen-bond acceptors (Lipinski definition) is 3. The van der Waals surface area contributed by atoms with Crippen molar-refractivity contribution in [3.63, 3.8) is 0 Å². The molecular weight excluding hydrogens is 388 g/mol. The summed E-state index contributed by atoms with van der Waals surface area (Å²) in [5.41, 5.74) is 4.21. The highest BCUT2D eigenvalue weighted by Gasteiger charge is 2.32. The van der Waals surface area contributed by atoms with Crippen LogP contribution in [0.3, 0.4) is 0 Å². The Morgan fingerprint density at radius 2 is 1.90 bits per heavy atom. The molecule has 5 nitrogen and oxygen atoms in total. The SMILES string of the molecule is CCOC(=O)CC1CNC(=O)c2cc(-c3cccc(Cl)c3)c(-c3ccccc3)n21. The van der Waals surface area contributed by atoms with Crippen LogP contribution in [0.5, 0.6) is 0 Å². The molecule has 0 aliphatic carbocycles. The van der Waals surface area contributed by atoms with Gasteiger partial charge in [0.25, 0.3) is 5.91 Å². The molecule has 2 aromatic carbocycles. The minimum atomic E-state index is -0.281. The van der Waals surface area contributed by atoms with Crippen molar-refractivity contribution in [3.05, 3.63) is 71.4 Å².